The first kappa shape index (κ1) is 38.8. The van der Waals surface area contributed by atoms with Gasteiger partial charge in [0.25, 0.3) is 10.0 Å². The van der Waals surface area contributed by atoms with E-state index in [0.29, 0.717) is 11.5 Å². The number of thiazole rings is 4. The lowest BCUT2D eigenvalue weighted by molar-refractivity contribution is 0.0220. The number of sulfonamides is 1. The number of carbonyl (C=O) groups is 1. The predicted octanol–water partition coefficient (Wildman–Crippen LogP) is 5.39. The number of ether oxygens (including phenoxy) is 3. The Labute approximate surface area is 269 Å². The molecule has 0 unspecified atom stereocenters. The average Bonchev–Trinajstić information content (AvgIpc) is 3.75. The molecule has 0 saturated carbocycles. The van der Waals surface area contributed by atoms with Crippen LogP contribution in [0.3, 0.4) is 0 Å². The van der Waals surface area contributed by atoms with E-state index in [0.717, 1.165) is 26.0 Å². The molecule has 0 fully saturated rings. The Kier molecular flexibility index (Phi) is 15.6. The van der Waals surface area contributed by atoms with Gasteiger partial charge in [-0.05, 0) is 48.5 Å². The normalized spacial score (nSPS) is 11.7. The second-order valence-electron chi connectivity index (χ2n) is 9.84. The van der Waals surface area contributed by atoms with Crippen LogP contribution < -0.4 is 5.14 Å². The van der Waals surface area contributed by atoms with Crippen molar-refractivity contribution in [3.05, 3.63) is 60.8 Å². The van der Waals surface area contributed by atoms with Gasteiger partial charge in [0.05, 0.1) is 60.8 Å². The Morgan fingerprint density at radius 3 is 1.67 bits per heavy atom. The molecule has 4 heterocycles. The average molecular weight is 694 g/mol. The molecule has 0 aliphatic heterocycles. The van der Waals surface area contributed by atoms with E-state index in [1.165, 1.54) is 35.1 Å². The first-order valence-corrected chi connectivity index (χ1v) is 17.5. The van der Waals surface area contributed by atoms with Crippen LogP contribution in [0.15, 0.2) is 45.7 Å². The highest BCUT2D eigenvalue weighted by Gasteiger charge is 2.25. The molecule has 0 atom stereocenters. The van der Waals surface area contributed by atoms with Crippen molar-refractivity contribution in [1.29, 1.82) is 0 Å². The van der Waals surface area contributed by atoms with Gasteiger partial charge >= 0.3 is 5.97 Å². The van der Waals surface area contributed by atoms with Gasteiger partial charge in [-0.15, -0.1) is 45.3 Å². The molecule has 0 radical (unpaired) electrons. The lowest BCUT2D eigenvalue weighted by Gasteiger charge is -2.19. The number of nitrogens with two attached hydrogens (primary N) is 1. The lowest BCUT2D eigenvalue weighted by atomic mass is 10.1. The molecule has 12 nitrogen and oxygen atoms in total. The first-order chi connectivity index (χ1) is 19.9. The number of aromatic nitrogens is 4. The molecule has 17 heteroatoms. The van der Waals surface area contributed by atoms with Gasteiger partial charge in [-0.1, -0.05) is 0 Å². The zero-order chi connectivity index (χ0) is 32.9. The summed E-state index contributed by atoms with van der Waals surface area (Å²) in [6, 6.07) is 0. The third-order valence-electron chi connectivity index (χ3n) is 5.31. The lowest BCUT2D eigenvalue weighted by Crippen LogP contribution is -2.17. The fraction of sp³-hybridized carbons (Fsp3) is 0.500. The minimum atomic E-state index is -3.70. The maximum Gasteiger partial charge on any atom is 0.349 e. The number of nitrogens with zero attached hydrogens (tertiary/aromatic N) is 4. The summed E-state index contributed by atoms with van der Waals surface area (Å²) in [6.45, 7) is 13.4. The maximum absolute atomic E-state index is 10.9. The van der Waals surface area contributed by atoms with Crippen molar-refractivity contribution in [2.75, 3.05) is 20.8 Å². The molecular weight excluding hydrogens is 655 g/mol. The van der Waals surface area contributed by atoms with E-state index in [4.69, 9.17) is 19.3 Å². The van der Waals surface area contributed by atoms with Gasteiger partial charge < -0.3 is 19.3 Å². The minimum absolute atomic E-state index is 0.0855. The first-order valence-electron chi connectivity index (χ1n) is 12.5. The number of hydrogen-bond acceptors (Lipinski definition) is 15. The Hall–Kier alpha value is -2.22. The number of aliphatic hydroxyl groups is 1. The maximum atomic E-state index is 10.9. The molecule has 0 spiro atoms. The Balaban J connectivity index is 0.000000291. The van der Waals surface area contributed by atoms with Gasteiger partial charge in [-0.25, -0.2) is 23.3 Å². The second kappa shape index (κ2) is 17.3. The van der Waals surface area contributed by atoms with Gasteiger partial charge in [-0.2, -0.15) is 0 Å². The second-order valence-corrected chi connectivity index (χ2v) is 15.3. The molecule has 0 aliphatic carbocycles. The van der Waals surface area contributed by atoms with Gasteiger partial charge in [-0.3, -0.25) is 15.0 Å². The molecule has 4 aromatic heterocycles. The quantitative estimate of drug-likeness (QED) is 0.226. The Bertz CT molecular complexity index is 1430. The molecule has 0 saturated heterocycles. The summed E-state index contributed by atoms with van der Waals surface area (Å²) >= 11 is 5.39. The van der Waals surface area contributed by atoms with Gasteiger partial charge in [0.1, 0.15) is 4.88 Å². The number of hydrogen-bond donors (Lipinski definition) is 2. The molecule has 0 amide bonds. The molecule has 43 heavy (non-hydrogen) atoms. The minimum Gasteiger partial charge on any atom is -0.462 e. The van der Waals surface area contributed by atoms with Crippen molar-refractivity contribution < 1.29 is 32.5 Å². The highest BCUT2D eigenvalue weighted by atomic mass is 32.2. The van der Waals surface area contributed by atoms with Crippen LogP contribution in [-0.4, -0.2) is 60.3 Å². The summed E-state index contributed by atoms with van der Waals surface area (Å²) < 4.78 is 37.0. The van der Waals surface area contributed by atoms with Gasteiger partial charge in [0.2, 0.25) is 4.34 Å². The van der Waals surface area contributed by atoms with Crippen molar-refractivity contribution >= 4 is 61.3 Å². The van der Waals surface area contributed by atoms with Crippen molar-refractivity contribution in [2.24, 2.45) is 5.14 Å². The molecule has 240 valence electrons. The van der Waals surface area contributed by atoms with Crippen molar-refractivity contribution in [3.8, 4) is 0 Å². The van der Waals surface area contributed by atoms with Crippen molar-refractivity contribution in [3.63, 3.8) is 0 Å². The number of methoxy groups -OCH3 is 2. The molecule has 0 aromatic carbocycles. The van der Waals surface area contributed by atoms with Crippen LogP contribution in [0.1, 0.15) is 72.8 Å². The summed E-state index contributed by atoms with van der Waals surface area (Å²) in [5.41, 5.74) is 3.69. The highest BCUT2D eigenvalue weighted by molar-refractivity contribution is 7.91. The zero-order valence-corrected chi connectivity index (χ0v) is 29.6. The molecule has 0 bridgehead atoms. The number of rotatable bonds is 8. The molecule has 3 N–H and O–H groups in total. The number of primary sulfonamides is 1. The zero-order valence-electron chi connectivity index (χ0n) is 25.6. The summed E-state index contributed by atoms with van der Waals surface area (Å²) in [7, 11) is -0.439. The molecule has 4 aromatic rings. The van der Waals surface area contributed by atoms with E-state index < -0.39 is 21.2 Å². The van der Waals surface area contributed by atoms with E-state index in [1.54, 1.807) is 63.5 Å². The molecule has 0 aliphatic rings. The SMILES string of the molecule is CC(C)(O)c1cncs1.CCOC(=O)c1cncs1.COC(C)(C)c1cnc(S(N)(=O)=O)s1.COC(C)(C)c1cncs1. The standard InChI is InChI=1S/C7H12N2O3S2.C7H11NOS.C6H7NO2S.C6H9NOS/c1-7(2,12-3)5-4-9-6(13-5)14(8,10)11;1-7(2,9-3)6-4-8-5-10-6;1-2-9-6(8)5-3-7-4-10-5;1-6(2,8)5-3-7-4-9-5/h4H,1-3H3,(H2,8,10,11);4-5H,1-3H3;3-4H,2H2,1H3;3-4,8H,1-2H3. The fourth-order valence-corrected chi connectivity index (χ4v) is 5.96. The molecule has 4 rings (SSSR count). The van der Waals surface area contributed by atoms with Crippen molar-refractivity contribution in [2.45, 2.75) is 69.6 Å². The molecular formula is C26H39N5O7S5. The topological polar surface area (TPSA) is 177 Å². The predicted molar refractivity (Wildman–Crippen MR) is 171 cm³/mol. The van der Waals surface area contributed by atoms with E-state index in [2.05, 4.69) is 19.9 Å². The summed E-state index contributed by atoms with van der Waals surface area (Å²) in [5, 5.41) is 14.3. The van der Waals surface area contributed by atoms with E-state index in [9.17, 15) is 18.3 Å². The van der Waals surface area contributed by atoms with E-state index >= 15 is 0 Å². The van der Waals surface area contributed by atoms with Crippen LogP contribution >= 0.6 is 45.3 Å². The summed E-state index contributed by atoms with van der Waals surface area (Å²) in [6.07, 6.45) is 6.50. The smallest absolute Gasteiger partial charge is 0.349 e. The van der Waals surface area contributed by atoms with Crippen LogP contribution in [0.25, 0.3) is 0 Å². The third kappa shape index (κ3) is 13.5. The summed E-state index contributed by atoms with van der Waals surface area (Å²) in [4.78, 5) is 29.5. The largest absolute Gasteiger partial charge is 0.462 e. The fourth-order valence-electron chi connectivity index (χ4n) is 2.42. The Morgan fingerprint density at radius 2 is 1.33 bits per heavy atom. The number of esters is 1. The van der Waals surface area contributed by atoms with Crippen LogP contribution in [0.4, 0.5) is 0 Å². The van der Waals surface area contributed by atoms with Crippen molar-refractivity contribution in [1.82, 2.24) is 19.9 Å². The monoisotopic (exact) mass is 693 g/mol. The van der Waals surface area contributed by atoms with Crippen LogP contribution in [0.5, 0.6) is 0 Å². The Morgan fingerprint density at radius 1 is 0.837 bits per heavy atom. The van der Waals surface area contributed by atoms with Crippen LogP contribution in [0, 0.1) is 0 Å². The number of carbonyl (C=O) groups excluding carboxylic acids is 1. The van der Waals surface area contributed by atoms with Crippen LogP contribution in [0.2, 0.25) is 0 Å². The van der Waals surface area contributed by atoms with Crippen LogP contribution in [-0.2, 0) is 41.0 Å². The third-order valence-corrected chi connectivity index (χ3v) is 10.9. The summed E-state index contributed by atoms with van der Waals surface area (Å²) in [5.74, 6) is -0.287. The van der Waals surface area contributed by atoms with Gasteiger partial charge in [0.15, 0.2) is 0 Å². The van der Waals surface area contributed by atoms with Gasteiger partial charge in [0, 0.05) is 32.8 Å². The van der Waals surface area contributed by atoms with E-state index in [-0.39, 0.29) is 15.9 Å². The van der Waals surface area contributed by atoms with E-state index in [1.807, 2.05) is 39.4 Å². The highest BCUT2D eigenvalue weighted by Crippen LogP contribution is 2.30.